The molecule has 1 amide bonds. The van der Waals surface area contributed by atoms with Crippen LogP contribution >= 0.6 is 11.6 Å². The third-order valence-corrected chi connectivity index (χ3v) is 8.23. The van der Waals surface area contributed by atoms with E-state index in [0.717, 1.165) is 24.0 Å². The normalized spacial score (nSPS) is 26.1. The number of hydrogen-bond donors (Lipinski definition) is 1. The van der Waals surface area contributed by atoms with Gasteiger partial charge in [-0.25, -0.2) is 0 Å². The number of carbonyl (C=O) groups excluding carboxylic acids is 1. The molecule has 2 fully saturated rings. The first-order valence-corrected chi connectivity index (χ1v) is 12.7. The number of para-hydroxylation sites is 1. The average Bonchev–Trinajstić information content (AvgIpc) is 3.56. The van der Waals surface area contributed by atoms with Crippen LogP contribution in [0, 0.1) is 10.1 Å². The van der Waals surface area contributed by atoms with Gasteiger partial charge in [0.25, 0.3) is 11.9 Å². The lowest BCUT2D eigenvalue weighted by Gasteiger charge is -2.32. The van der Waals surface area contributed by atoms with E-state index in [1.807, 2.05) is 48.5 Å². The van der Waals surface area contributed by atoms with Gasteiger partial charge in [-0.1, -0.05) is 48.0 Å². The first kappa shape index (κ1) is 23.8. The van der Waals surface area contributed by atoms with Crippen molar-refractivity contribution in [3.8, 4) is 11.5 Å². The summed E-state index contributed by atoms with van der Waals surface area (Å²) in [6.07, 6.45) is 1.66. The summed E-state index contributed by atoms with van der Waals surface area (Å²) in [5.41, 5.74) is 1.71. The smallest absolute Gasteiger partial charge is 0.256 e. The Bertz CT molecular complexity index is 1380. The van der Waals surface area contributed by atoms with E-state index in [0.29, 0.717) is 40.9 Å². The molecule has 4 atom stereocenters. The van der Waals surface area contributed by atoms with Crippen molar-refractivity contribution >= 4 is 23.2 Å². The highest BCUT2D eigenvalue weighted by Gasteiger charge is 2.73. The Kier molecular flexibility index (Phi) is 5.81. The second kappa shape index (κ2) is 9.04. The summed E-state index contributed by atoms with van der Waals surface area (Å²) in [5.74, 6) is 0.224. The first-order chi connectivity index (χ1) is 17.9. The zero-order chi connectivity index (χ0) is 25.7. The molecule has 0 aromatic heterocycles. The minimum atomic E-state index is -1.34. The van der Waals surface area contributed by atoms with Gasteiger partial charge in [0, 0.05) is 33.8 Å². The van der Waals surface area contributed by atoms with Crippen LogP contribution in [0.4, 0.5) is 5.69 Å². The molecule has 0 radical (unpaired) electrons. The highest BCUT2D eigenvalue weighted by Crippen LogP contribution is 2.58. The standard InChI is InChI=1S/C28H26ClN3O5/c1-36-24-15-18(10-13-23(24)37-16-17-8-11-19(29)12-9-17)25-22-7-4-14-31(22)28(26(25)32(34)35)20-5-2-3-6-21(20)30-27(28)33/h2-3,5-6,8-13,15,22,25-26H,4,7,14,16H2,1H3,(H,30,33)/t22-,25+,26+,28+/m0/s1. The molecule has 0 unspecified atom stereocenters. The molecule has 2 saturated heterocycles. The Morgan fingerprint density at radius 3 is 2.68 bits per heavy atom. The van der Waals surface area contributed by atoms with Gasteiger partial charge in [-0.2, -0.15) is 0 Å². The number of nitro groups is 1. The Balaban J connectivity index is 1.39. The summed E-state index contributed by atoms with van der Waals surface area (Å²) in [6.45, 7) is 0.955. The quantitative estimate of drug-likeness (QED) is 0.364. The lowest BCUT2D eigenvalue weighted by molar-refractivity contribution is -0.534. The molecule has 3 aromatic carbocycles. The Morgan fingerprint density at radius 2 is 1.92 bits per heavy atom. The lowest BCUT2D eigenvalue weighted by atomic mass is 9.77. The van der Waals surface area contributed by atoms with Crippen LogP contribution < -0.4 is 14.8 Å². The van der Waals surface area contributed by atoms with Gasteiger partial charge in [-0.15, -0.1) is 0 Å². The van der Waals surface area contributed by atoms with E-state index in [2.05, 4.69) is 10.2 Å². The van der Waals surface area contributed by atoms with E-state index in [-0.39, 0.29) is 16.9 Å². The molecular weight excluding hydrogens is 494 g/mol. The highest BCUT2D eigenvalue weighted by molar-refractivity contribution is 6.30. The SMILES string of the molecule is COc1cc([C@@H]2[C@@H]3CCCN3[C@@]3(C(=O)Nc4ccccc43)[C@@H]2[N+](=O)[O-])ccc1OCc1ccc(Cl)cc1. The maximum atomic E-state index is 13.6. The first-order valence-electron chi connectivity index (χ1n) is 12.3. The molecule has 190 valence electrons. The van der Waals surface area contributed by atoms with E-state index in [4.69, 9.17) is 21.1 Å². The second-order valence-corrected chi connectivity index (χ2v) is 10.2. The van der Waals surface area contributed by atoms with Gasteiger partial charge >= 0.3 is 0 Å². The lowest BCUT2D eigenvalue weighted by Crippen LogP contribution is -2.55. The number of anilines is 1. The van der Waals surface area contributed by atoms with Crippen molar-refractivity contribution in [3.05, 3.63) is 98.6 Å². The van der Waals surface area contributed by atoms with E-state index in [1.54, 1.807) is 25.3 Å². The minimum Gasteiger partial charge on any atom is -0.493 e. The summed E-state index contributed by atoms with van der Waals surface area (Å²) >= 11 is 5.97. The van der Waals surface area contributed by atoms with Crippen molar-refractivity contribution in [2.75, 3.05) is 19.0 Å². The molecule has 0 saturated carbocycles. The van der Waals surface area contributed by atoms with Crippen LogP contribution in [-0.2, 0) is 16.9 Å². The molecule has 3 aromatic rings. The van der Waals surface area contributed by atoms with Crippen molar-refractivity contribution in [1.82, 2.24) is 4.90 Å². The van der Waals surface area contributed by atoms with Crippen LogP contribution in [0.25, 0.3) is 0 Å². The van der Waals surface area contributed by atoms with Crippen LogP contribution in [-0.4, -0.2) is 41.5 Å². The fourth-order valence-electron chi connectivity index (χ4n) is 6.53. The largest absolute Gasteiger partial charge is 0.493 e. The van der Waals surface area contributed by atoms with Gasteiger partial charge in [-0.3, -0.25) is 19.8 Å². The van der Waals surface area contributed by atoms with Gasteiger partial charge in [0.1, 0.15) is 6.61 Å². The number of methoxy groups -OCH3 is 1. The van der Waals surface area contributed by atoms with Crippen LogP contribution in [0.3, 0.4) is 0 Å². The number of nitrogens with one attached hydrogen (secondary N) is 1. The number of hydrogen-bond acceptors (Lipinski definition) is 6. The van der Waals surface area contributed by atoms with Crippen molar-refractivity contribution in [2.45, 2.75) is 43.0 Å². The molecule has 37 heavy (non-hydrogen) atoms. The number of ether oxygens (including phenoxy) is 2. The second-order valence-electron chi connectivity index (χ2n) is 9.75. The summed E-state index contributed by atoms with van der Waals surface area (Å²) in [6, 6.07) is 18.9. The van der Waals surface area contributed by atoms with Gasteiger partial charge in [0.2, 0.25) is 0 Å². The van der Waals surface area contributed by atoms with Crippen LogP contribution in [0.1, 0.15) is 35.4 Å². The van der Waals surface area contributed by atoms with E-state index in [1.165, 1.54) is 0 Å². The number of fused-ring (bicyclic) bond motifs is 4. The van der Waals surface area contributed by atoms with Crippen molar-refractivity contribution in [3.63, 3.8) is 0 Å². The third kappa shape index (κ3) is 3.58. The molecule has 0 bridgehead atoms. The molecule has 9 heteroatoms. The van der Waals surface area contributed by atoms with Crippen molar-refractivity contribution in [2.24, 2.45) is 0 Å². The van der Waals surface area contributed by atoms with Crippen molar-refractivity contribution < 1.29 is 19.2 Å². The molecule has 3 heterocycles. The van der Waals surface area contributed by atoms with Gasteiger partial charge in [0.15, 0.2) is 17.0 Å². The predicted molar refractivity (Wildman–Crippen MR) is 139 cm³/mol. The van der Waals surface area contributed by atoms with Gasteiger partial charge < -0.3 is 14.8 Å². The topological polar surface area (TPSA) is 93.9 Å². The zero-order valence-corrected chi connectivity index (χ0v) is 21.0. The molecule has 6 rings (SSSR count). The Morgan fingerprint density at radius 1 is 1.14 bits per heavy atom. The predicted octanol–water partition coefficient (Wildman–Crippen LogP) is 4.98. The summed E-state index contributed by atoms with van der Waals surface area (Å²) < 4.78 is 11.7. The van der Waals surface area contributed by atoms with Crippen LogP contribution in [0.5, 0.6) is 11.5 Å². The van der Waals surface area contributed by atoms with E-state index < -0.39 is 17.5 Å². The molecule has 3 aliphatic heterocycles. The maximum Gasteiger partial charge on any atom is 0.256 e. The number of amides is 1. The molecule has 1 spiro atoms. The monoisotopic (exact) mass is 519 g/mol. The third-order valence-electron chi connectivity index (χ3n) is 7.97. The summed E-state index contributed by atoms with van der Waals surface area (Å²) in [7, 11) is 1.55. The van der Waals surface area contributed by atoms with Gasteiger partial charge in [0.05, 0.1) is 13.0 Å². The number of halogens is 1. The molecule has 3 aliphatic rings. The highest BCUT2D eigenvalue weighted by atomic mass is 35.5. The average molecular weight is 520 g/mol. The molecule has 1 N–H and O–H groups in total. The fourth-order valence-corrected chi connectivity index (χ4v) is 6.65. The van der Waals surface area contributed by atoms with Crippen LogP contribution in [0.2, 0.25) is 5.02 Å². The summed E-state index contributed by atoms with van der Waals surface area (Å²) in [5, 5.41) is 16.4. The number of benzene rings is 3. The molecular formula is C28H26ClN3O5. The minimum absolute atomic E-state index is 0.141. The summed E-state index contributed by atoms with van der Waals surface area (Å²) in [4.78, 5) is 28.2. The van der Waals surface area contributed by atoms with Gasteiger partial charge in [-0.05, 0) is 54.3 Å². The zero-order valence-electron chi connectivity index (χ0n) is 20.2. The number of nitrogens with zero attached hydrogens (tertiary/aromatic N) is 2. The molecule has 0 aliphatic carbocycles. The van der Waals surface area contributed by atoms with Crippen LogP contribution in [0.15, 0.2) is 66.7 Å². The van der Waals surface area contributed by atoms with E-state index in [9.17, 15) is 14.9 Å². The Hall–Kier alpha value is -3.62. The van der Waals surface area contributed by atoms with Crippen molar-refractivity contribution in [1.29, 1.82) is 0 Å². The number of rotatable bonds is 6. The number of carbonyl (C=O) groups is 1. The molecule has 8 nitrogen and oxygen atoms in total. The Labute approximate surface area is 219 Å². The maximum absolute atomic E-state index is 13.6. The fraction of sp³-hybridized carbons (Fsp3) is 0.321. The van der Waals surface area contributed by atoms with E-state index >= 15 is 0 Å².